The number of rotatable bonds is 6. The molecule has 0 fully saturated rings. The minimum absolute atomic E-state index is 0. The third-order valence-electron chi connectivity index (χ3n) is 3.63. The second kappa shape index (κ2) is 8.74. The van der Waals surface area contributed by atoms with Gasteiger partial charge in [0.1, 0.15) is 5.75 Å². The Morgan fingerprint density at radius 3 is 2.64 bits per heavy atom. The minimum Gasteiger partial charge on any atom is -0.453 e. The SMILES string of the molecule is CC[C@H](Nc1ncc[nH]1)c1ccc(Cl)c(Oc2ccccc2)c1F.Cl. The quantitative estimate of drug-likeness (QED) is 0.551. The molecule has 0 saturated heterocycles. The number of para-hydroxylation sites is 1. The molecule has 4 nitrogen and oxygen atoms in total. The summed E-state index contributed by atoms with van der Waals surface area (Å²) in [6.45, 7) is 1.96. The van der Waals surface area contributed by atoms with E-state index in [0.29, 0.717) is 23.7 Å². The Labute approximate surface area is 156 Å². The Balaban J connectivity index is 0.00000225. The lowest BCUT2D eigenvalue weighted by Gasteiger charge is -2.19. The zero-order chi connectivity index (χ0) is 16.9. The van der Waals surface area contributed by atoms with Gasteiger partial charge in [0.2, 0.25) is 5.95 Å². The van der Waals surface area contributed by atoms with E-state index < -0.39 is 5.82 Å². The number of anilines is 1. The third kappa shape index (κ3) is 4.44. The summed E-state index contributed by atoms with van der Waals surface area (Å²) >= 11 is 6.14. The summed E-state index contributed by atoms with van der Waals surface area (Å²) in [5, 5.41) is 3.40. The maximum absolute atomic E-state index is 15.0. The first-order chi connectivity index (χ1) is 11.7. The second-order valence-electron chi connectivity index (χ2n) is 5.24. The highest BCUT2D eigenvalue weighted by Crippen LogP contribution is 2.37. The van der Waals surface area contributed by atoms with Crippen LogP contribution in [0.3, 0.4) is 0 Å². The van der Waals surface area contributed by atoms with Gasteiger partial charge >= 0.3 is 0 Å². The Hall–Kier alpha value is -2.24. The van der Waals surface area contributed by atoms with Crippen LogP contribution >= 0.6 is 24.0 Å². The van der Waals surface area contributed by atoms with E-state index in [2.05, 4.69) is 15.3 Å². The van der Waals surface area contributed by atoms with Crippen LogP contribution in [0.4, 0.5) is 10.3 Å². The van der Waals surface area contributed by atoms with Crippen molar-refractivity contribution in [2.45, 2.75) is 19.4 Å². The van der Waals surface area contributed by atoms with Gasteiger partial charge in [-0.05, 0) is 24.6 Å². The number of aromatic nitrogens is 2. The van der Waals surface area contributed by atoms with Gasteiger partial charge < -0.3 is 15.0 Å². The molecule has 0 unspecified atom stereocenters. The zero-order valence-corrected chi connectivity index (χ0v) is 15.1. The van der Waals surface area contributed by atoms with Crippen molar-refractivity contribution in [3.05, 3.63) is 71.3 Å². The zero-order valence-electron chi connectivity index (χ0n) is 13.5. The monoisotopic (exact) mass is 381 g/mol. The largest absolute Gasteiger partial charge is 0.453 e. The predicted molar refractivity (Wildman–Crippen MR) is 100 cm³/mol. The van der Waals surface area contributed by atoms with Crippen LogP contribution in [0.1, 0.15) is 24.9 Å². The number of H-pyrrole nitrogens is 1. The number of ether oxygens (including phenoxy) is 1. The normalized spacial score (nSPS) is 11.5. The molecule has 0 radical (unpaired) electrons. The molecule has 2 aromatic carbocycles. The Kier molecular flexibility index (Phi) is 6.67. The van der Waals surface area contributed by atoms with Gasteiger partial charge in [0, 0.05) is 18.0 Å². The molecule has 25 heavy (non-hydrogen) atoms. The fraction of sp³-hybridized carbons (Fsp3) is 0.167. The maximum atomic E-state index is 15.0. The standard InChI is InChI=1S/C18H17ClFN3O.ClH/c1-2-15(23-18-21-10-11-22-18)13-8-9-14(19)17(16(13)20)24-12-6-4-3-5-7-12;/h3-11,15H,2H2,1H3,(H2,21,22,23);1H/t15-;/m0./s1. The summed E-state index contributed by atoms with van der Waals surface area (Å²) < 4.78 is 20.7. The Morgan fingerprint density at radius 1 is 1.24 bits per heavy atom. The lowest BCUT2D eigenvalue weighted by atomic mass is 10.0. The van der Waals surface area contributed by atoms with Crippen molar-refractivity contribution in [1.82, 2.24) is 9.97 Å². The molecule has 132 valence electrons. The van der Waals surface area contributed by atoms with E-state index in [0.717, 1.165) is 0 Å². The molecule has 0 bridgehead atoms. The van der Waals surface area contributed by atoms with Crippen LogP contribution in [0.5, 0.6) is 11.5 Å². The topological polar surface area (TPSA) is 49.9 Å². The fourth-order valence-corrected chi connectivity index (χ4v) is 2.61. The van der Waals surface area contributed by atoms with E-state index >= 15 is 4.39 Å². The van der Waals surface area contributed by atoms with Gasteiger partial charge in [-0.15, -0.1) is 12.4 Å². The molecule has 0 amide bonds. The third-order valence-corrected chi connectivity index (χ3v) is 3.93. The van der Waals surface area contributed by atoms with Crippen molar-refractivity contribution in [3.8, 4) is 11.5 Å². The summed E-state index contributed by atoms with van der Waals surface area (Å²) in [7, 11) is 0. The smallest absolute Gasteiger partial charge is 0.200 e. The van der Waals surface area contributed by atoms with E-state index in [1.54, 1.807) is 36.7 Å². The van der Waals surface area contributed by atoms with Crippen molar-refractivity contribution < 1.29 is 9.13 Å². The first-order valence-corrected chi connectivity index (χ1v) is 8.03. The molecular weight excluding hydrogens is 364 g/mol. The van der Waals surface area contributed by atoms with Gasteiger partial charge in [-0.3, -0.25) is 0 Å². The minimum atomic E-state index is -0.475. The number of aromatic amines is 1. The first kappa shape index (κ1) is 19.1. The molecule has 0 aliphatic heterocycles. The van der Waals surface area contributed by atoms with Crippen LogP contribution in [0.2, 0.25) is 5.02 Å². The molecule has 1 heterocycles. The van der Waals surface area contributed by atoms with Crippen molar-refractivity contribution in [2.24, 2.45) is 0 Å². The van der Waals surface area contributed by atoms with Crippen LogP contribution in [-0.4, -0.2) is 9.97 Å². The van der Waals surface area contributed by atoms with Crippen molar-refractivity contribution in [2.75, 3.05) is 5.32 Å². The molecule has 1 aromatic heterocycles. The highest BCUT2D eigenvalue weighted by atomic mass is 35.5. The van der Waals surface area contributed by atoms with E-state index in [-0.39, 0.29) is 29.2 Å². The van der Waals surface area contributed by atoms with Gasteiger partial charge in [0.15, 0.2) is 11.6 Å². The fourth-order valence-electron chi connectivity index (χ4n) is 2.43. The van der Waals surface area contributed by atoms with E-state index in [1.807, 2.05) is 25.1 Å². The summed E-state index contributed by atoms with van der Waals surface area (Å²) in [6, 6.07) is 12.1. The van der Waals surface area contributed by atoms with Crippen LogP contribution in [0, 0.1) is 5.82 Å². The van der Waals surface area contributed by atoms with Gasteiger partial charge in [-0.2, -0.15) is 0 Å². The molecule has 1 atom stereocenters. The van der Waals surface area contributed by atoms with E-state index in [1.165, 1.54) is 0 Å². The van der Waals surface area contributed by atoms with Crippen molar-refractivity contribution in [1.29, 1.82) is 0 Å². The summed E-state index contributed by atoms with van der Waals surface area (Å²) in [5.41, 5.74) is 0.476. The number of hydrogen-bond donors (Lipinski definition) is 2. The summed E-state index contributed by atoms with van der Waals surface area (Å²) in [4.78, 5) is 7.08. The highest BCUT2D eigenvalue weighted by Gasteiger charge is 2.21. The highest BCUT2D eigenvalue weighted by molar-refractivity contribution is 6.32. The number of nitrogens with one attached hydrogen (secondary N) is 2. The molecule has 3 aromatic rings. The summed E-state index contributed by atoms with van der Waals surface area (Å²) in [6.07, 6.45) is 4.01. The first-order valence-electron chi connectivity index (χ1n) is 7.65. The van der Waals surface area contributed by atoms with E-state index in [4.69, 9.17) is 16.3 Å². The van der Waals surface area contributed by atoms with Crippen LogP contribution in [0.15, 0.2) is 54.9 Å². The van der Waals surface area contributed by atoms with E-state index in [9.17, 15) is 0 Å². The predicted octanol–water partition coefficient (Wildman–Crippen LogP) is 5.98. The number of hydrogen-bond acceptors (Lipinski definition) is 3. The molecule has 7 heteroatoms. The maximum Gasteiger partial charge on any atom is 0.200 e. The molecule has 0 spiro atoms. The number of halogens is 3. The van der Waals surface area contributed by atoms with Gasteiger partial charge in [-0.25, -0.2) is 9.37 Å². The number of nitrogens with zero attached hydrogens (tertiary/aromatic N) is 1. The van der Waals surface area contributed by atoms with Crippen LogP contribution in [-0.2, 0) is 0 Å². The van der Waals surface area contributed by atoms with Crippen LogP contribution < -0.4 is 10.1 Å². The van der Waals surface area contributed by atoms with Gasteiger partial charge in [0.25, 0.3) is 0 Å². The summed E-state index contributed by atoms with van der Waals surface area (Å²) in [5.74, 6) is 0.668. The molecule has 0 aliphatic carbocycles. The average Bonchev–Trinajstić information content (AvgIpc) is 3.11. The number of benzene rings is 2. The molecular formula is C18H18Cl2FN3O. The molecule has 3 rings (SSSR count). The number of imidazole rings is 1. The Morgan fingerprint density at radius 2 is 2.00 bits per heavy atom. The van der Waals surface area contributed by atoms with Gasteiger partial charge in [-0.1, -0.05) is 42.8 Å². The second-order valence-corrected chi connectivity index (χ2v) is 5.64. The molecule has 0 saturated carbocycles. The van der Waals surface area contributed by atoms with Crippen molar-refractivity contribution >= 4 is 30.0 Å². The van der Waals surface area contributed by atoms with Crippen LogP contribution in [0.25, 0.3) is 0 Å². The molecule has 2 N–H and O–H groups in total. The van der Waals surface area contributed by atoms with Gasteiger partial charge in [0.05, 0.1) is 11.1 Å². The lowest BCUT2D eigenvalue weighted by molar-refractivity contribution is 0.436. The Bertz CT molecular complexity index is 798. The molecule has 0 aliphatic rings. The lowest BCUT2D eigenvalue weighted by Crippen LogP contribution is -2.13. The van der Waals surface area contributed by atoms with Crippen molar-refractivity contribution in [3.63, 3.8) is 0 Å². The average molecular weight is 382 g/mol.